The van der Waals surface area contributed by atoms with Crippen molar-refractivity contribution in [2.24, 2.45) is 0 Å². The Balaban J connectivity index is 4.22. The van der Waals surface area contributed by atoms with Gasteiger partial charge in [-0.15, -0.1) is 0 Å². The molecule has 0 aliphatic rings. The van der Waals surface area contributed by atoms with E-state index in [0.717, 1.165) is 6.92 Å². The zero-order chi connectivity index (χ0) is 16.8. The molecule has 0 aliphatic carbocycles. The molecule has 0 aliphatic heterocycles. The van der Waals surface area contributed by atoms with Crippen molar-refractivity contribution in [1.82, 2.24) is 10.2 Å². The smallest absolute Gasteiger partial charge is 0.348 e. The van der Waals surface area contributed by atoms with Gasteiger partial charge >= 0.3 is 24.2 Å². The summed E-state index contributed by atoms with van der Waals surface area (Å²) in [6.07, 6.45) is -10.6. The summed E-state index contributed by atoms with van der Waals surface area (Å²) in [5.41, 5.74) is 0. The number of halogens is 6. The SMILES string of the molecule is CC(=O)N(CCCCNC(=O)C(F)(F)F)C(=O)C(F)(F)F. The Hall–Kier alpha value is -1.81. The minimum Gasteiger partial charge on any atom is -0.348 e. The highest BCUT2D eigenvalue weighted by atomic mass is 19.4. The van der Waals surface area contributed by atoms with Crippen molar-refractivity contribution in [3.63, 3.8) is 0 Å². The Kier molecular flexibility index (Phi) is 6.64. The minimum atomic E-state index is -5.21. The summed E-state index contributed by atoms with van der Waals surface area (Å²) in [5, 5.41) is 1.51. The van der Waals surface area contributed by atoms with Crippen LogP contribution in [0.3, 0.4) is 0 Å². The molecule has 0 heterocycles. The molecule has 11 heteroatoms. The standard InChI is InChI=1S/C10H12F6N2O3/c1-6(19)18(8(21)10(14,15)16)5-3-2-4-17-7(20)9(11,12)13/h2-5H2,1H3,(H,17,20). The molecule has 0 rings (SSSR count). The maximum atomic E-state index is 12.1. The van der Waals surface area contributed by atoms with E-state index >= 15 is 0 Å². The largest absolute Gasteiger partial charge is 0.471 e. The quantitative estimate of drug-likeness (QED) is 0.614. The number of carbonyl (C=O) groups is 3. The van der Waals surface area contributed by atoms with Gasteiger partial charge in [-0.3, -0.25) is 19.3 Å². The van der Waals surface area contributed by atoms with Crippen LogP contribution in [0.5, 0.6) is 0 Å². The lowest BCUT2D eigenvalue weighted by Crippen LogP contribution is -2.44. The number of amides is 3. The molecule has 122 valence electrons. The molecule has 0 saturated carbocycles. The normalized spacial score (nSPS) is 12.0. The lowest BCUT2D eigenvalue weighted by atomic mass is 10.2. The van der Waals surface area contributed by atoms with Gasteiger partial charge in [0, 0.05) is 20.0 Å². The van der Waals surface area contributed by atoms with Crippen LogP contribution in [0.4, 0.5) is 26.3 Å². The van der Waals surface area contributed by atoms with Crippen molar-refractivity contribution in [3.8, 4) is 0 Å². The Morgan fingerprint density at radius 2 is 1.48 bits per heavy atom. The first-order valence-electron chi connectivity index (χ1n) is 5.61. The number of hydrogen-bond donors (Lipinski definition) is 1. The first-order chi connectivity index (χ1) is 9.37. The highest BCUT2D eigenvalue weighted by Gasteiger charge is 2.43. The molecule has 0 saturated heterocycles. The summed E-state index contributed by atoms with van der Waals surface area (Å²) in [4.78, 5) is 32.1. The van der Waals surface area contributed by atoms with Gasteiger partial charge in [0.2, 0.25) is 5.91 Å². The molecule has 21 heavy (non-hydrogen) atoms. The van der Waals surface area contributed by atoms with Gasteiger partial charge in [-0.1, -0.05) is 0 Å². The van der Waals surface area contributed by atoms with E-state index in [0.29, 0.717) is 0 Å². The fourth-order valence-corrected chi connectivity index (χ4v) is 1.25. The molecule has 5 nitrogen and oxygen atoms in total. The third-order valence-electron chi connectivity index (χ3n) is 2.22. The van der Waals surface area contributed by atoms with Crippen LogP contribution in [-0.4, -0.2) is 48.1 Å². The van der Waals surface area contributed by atoms with Crippen LogP contribution < -0.4 is 5.32 Å². The second-order valence-electron chi connectivity index (χ2n) is 3.93. The van der Waals surface area contributed by atoms with E-state index < -0.39 is 43.2 Å². The second kappa shape index (κ2) is 7.27. The summed E-state index contributed by atoms with van der Waals surface area (Å²) in [6.45, 7) is -0.283. The van der Waals surface area contributed by atoms with E-state index in [2.05, 4.69) is 0 Å². The Bertz CT molecular complexity index is 405. The fourth-order valence-electron chi connectivity index (χ4n) is 1.25. The number of nitrogens with zero attached hydrogens (tertiary/aromatic N) is 1. The van der Waals surface area contributed by atoms with Crippen LogP contribution in [0.25, 0.3) is 0 Å². The van der Waals surface area contributed by atoms with E-state index in [1.54, 1.807) is 0 Å². The fraction of sp³-hybridized carbons (Fsp3) is 0.700. The predicted molar refractivity (Wildman–Crippen MR) is 56.7 cm³/mol. The van der Waals surface area contributed by atoms with Gasteiger partial charge in [-0.25, -0.2) is 0 Å². The van der Waals surface area contributed by atoms with Crippen molar-refractivity contribution >= 4 is 17.7 Å². The van der Waals surface area contributed by atoms with E-state index in [1.807, 2.05) is 0 Å². The Morgan fingerprint density at radius 1 is 0.952 bits per heavy atom. The maximum absolute atomic E-state index is 12.1. The molecular weight excluding hydrogens is 310 g/mol. The van der Waals surface area contributed by atoms with E-state index in [4.69, 9.17) is 0 Å². The van der Waals surface area contributed by atoms with Gasteiger partial charge in [-0.05, 0) is 12.8 Å². The zero-order valence-electron chi connectivity index (χ0n) is 10.8. The van der Waals surface area contributed by atoms with Crippen molar-refractivity contribution in [1.29, 1.82) is 0 Å². The van der Waals surface area contributed by atoms with Crippen LogP contribution >= 0.6 is 0 Å². The third-order valence-corrected chi connectivity index (χ3v) is 2.22. The predicted octanol–water partition coefficient (Wildman–Crippen LogP) is 1.38. The topological polar surface area (TPSA) is 66.5 Å². The average Bonchev–Trinajstić information content (AvgIpc) is 2.29. The number of unbranched alkanes of at least 4 members (excludes halogenated alkanes) is 1. The molecule has 3 amide bonds. The third kappa shape index (κ3) is 6.95. The number of nitrogens with one attached hydrogen (secondary N) is 1. The van der Waals surface area contributed by atoms with Gasteiger partial charge in [0.05, 0.1) is 0 Å². The minimum absolute atomic E-state index is 0.0500. The van der Waals surface area contributed by atoms with Gasteiger partial charge in [0.1, 0.15) is 0 Å². The second-order valence-corrected chi connectivity index (χ2v) is 3.93. The number of rotatable bonds is 5. The summed E-state index contributed by atoms with van der Waals surface area (Å²) in [6, 6.07) is 0. The average molecular weight is 322 g/mol. The molecule has 0 radical (unpaired) electrons. The van der Waals surface area contributed by atoms with E-state index in [1.165, 1.54) is 5.32 Å². The molecule has 0 spiro atoms. The molecule has 1 N–H and O–H groups in total. The van der Waals surface area contributed by atoms with Gasteiger partial charge < -0.3 is 5.32 Å². The lowest BCUT2D eigenvalue weighted by molar-refractivity contribution is -0.187. The molecule has 0 unspecified atom stereocenters. The van der Waals surface area contributed by atoms with Gasteiger partial charge in [-0.2, -0.15) is 26.3 Å². The van der Waals surface area contributed by atoms with Crippen LogP contribution in [0, 0.1) is 0 Å². The molecule has 0 aromatic rings. The molecule has 0 aromatic heterocycles. The first-order valence-corrected chi connectivity index (χ1v) is 5.61. The van der Waals surface area contributed by atoms with Crippen LogP contribution in [0.2, 0.25) is 0 Å². The first kappa shape index (κ1) is 19.2. The van der Waals surface area contributed by atoms with Crippen molar-refractivity contribution < 1.29 is 40.7 Å². The maximum Gasteiger partial charge on any atom is 0.471 e. The van der Waals surface area contributed by atoms with E-state index in [9.17, 15) is 40.7 Å². The summed E-state index contributed by atoms with van der Waals surface area (Å²) < 4.78 is 71.8. The molecule has 0 atom stereocenters. The number of imide groups is 1. The van der Waals surface area contributed by atoms with Crippen LogP contribution in [-0.2, 0) is 14.4 Å². The number of hydrogen-bond acceptors (Lipinski definition) is 3. The number of alkyl halides is 6. The Morgan fingerprint density at radius 3 is 1.86 bits per heavy atom. The highest BCUT2D eigenvalue weighted by Crippen LogP contribution is 2.19. The summed E-state index contributed by atoms with van der Waals surface area (Å²) in [7, 11) is 0. The molecule has 0 aromatic carbocycles. The Labute approximate surface area is 115 Å². The van der Waals surface area contributed by atoms with Gasteiger partial charge in [0.15, 0.2) is 0 Å². The zero-order valence-corrected chi connectivity index (χ0v) is 10.8. The summed E-state index contributed by atoms with van der Waals surface area (Å²) >= 11 is 0. The summed E-state index contributed by atoms with van der Waals surface area (Å²) in [5.74, 6) is -5.64. The highest BCUT2D eigenvalue weighted by molar-refractivity contribution is 5.96. The van der Waals surface area contributed by atoms with E-state index in [-0.39, 0.29) is 17.7 Å². The van der Waals surface area contributed by atoms with Crippen LogP contribution in [0.15, 0.2) is 0 Å². The monoisotopic (exact) mass is 322 g/mol. The van der Waals surface area contributed by atoms with Crippen molar-refractivity contribution in [3.05, 3.63) is 0 Å². The van der Waals surface area contributed by atoms with Crippen LogP contribution in [0.1, 0.15) is 19.8 Å². The van der Waals surface area contributed by atoms with Crippen molar-refractivity contribution in [2.75, 3.05) is 13.1 Å². The van der Waals surface area contributed by atoms with Crippen molar-refractivity contribution in [2.45, 2.75) is 32.1 Å². The van der Waals surface area contributed by atoms with Gasteiger partial charge in [0.25, 0.3) is 0 Å². The lowest BCUT2D eigenvalue weighted by Gasteiger charge is -2.20. The number of carbonyl (C=O) groups excluding carboxylic acids is 3. The molecule has 0 bridgehead atoms. The molecular formula is C10H12F6N2O3. The molecule has 0 fully saturated rings.